The van der Waals surface area contributed by atoms with Crippen molar-refractivity contribution >= 4 is 27.5 Å². The number of para-hydroxylation sites is 1. The number of carbonyl (C=O) groups is 1. The van der Waals surface area contributed by atoms with Crippen LogP contribution in [0.3, 0.4) is 0 Å². The molecule has 1 saturated heterocycles. The molecule has 98 valence electrons. The van der Waals surface area contributed by atoms with Gasteiger partial charge in [-0.3, -0.25) is 4.79 Å². The van der Waals surface area contributed by atoms with Crippen LogP contribution in [-0.2, 0) is 4.79 Å². The molecule has 18 heavy (non-hydrogen) atoms. The SMILES string of the molecule is CC(C)NC1CCN(c2c(F)cccc2Br)C1=O. The monoisotopic (exact) mass is 314 g/mol. The summed E-state index contributed by atoms with van der Waals surface area (Å²) < 4.78 is 14.4. The first kappa shape index (κ1) is 13.5. The summed E-state index contributed by atoms with van der Waals surface area (Å²) in [6.07, 6.45) is 0.706. The van der Waals surface area contributed by atoms with Gasteiger partial charge in [0.2, 0.25) is 5.91 Å². The molecule has 5 heteroatoms. The lowest BCUT2D eigenvalue weighted by Crippen LogP contribution is -2.41. The lowest BCUT2D eigenvalue weighted by atomic mass is 10.2. The molecular weight excluding hydrogens is 299 g/mol. The van der Waals surface area contributed by atoms with E-state index in [4.69, 9.17) is 0 Å². The van der Waals surface area contributed by atoms with Crippen molar-refractivity contribution < 1.29 is 9.18 Å². The van der Waals surface area contributed by atoms with E-state index in [9.17, 15) is 9.18 Å². The van der Waals surface area contributed by atoms with Gasteiger partial charge in [-0.2, -0.15) is 0 Å². The molecule has 1 aliphatic rings. The van der Waals surface area contributed by atoms with E-state index in [1.807, 2.05) is 13.8 Å². The van der Waals surface area contributed by atoms with Gasteiger partial charge >= 0.3 is 0 Å². The summed E-state index contributed by atoms with van der Waals surface area (Å²) in [6, 6.07) is 4.76. The van der Waals surface area contributed by atoms with Crippen molar-refractivity contribution in [3.63, 3.8) is 0 Å². The molecule has 0 radical (unpaired) electrons. The van der Waals surface area contributed by atoms with Crippen molar-refractivity contribution in [1.29, 1.82) is 0 Å². The maximum absolute atomic E-state index is 13.8. The predicted molar refractivity (Wildman–Crippen MR) is 73.1 cm³/mol. The number of hydrogen-bond donors (Lipinski definition) is 1. The average molecular weight is 315 g/mol. The predicted octanol–water partition coefficient (Wildman–Crippen LogP) is 2.69. The van der Waals surface area contributed by atoms with E-state index in [0.717, 1.165) is 0 Å². The first-order valence-electron chi connectivity index (χ1n) is 6.02. The fraction of sp³-hybridized carbons (Fsp3) is 0.462. The van der Waals surface area contributed by atoms with E-state index in [1.165, 1.54) is 11.0 Å². The number of hydrogen-bond acceptors (Lipinski definition) is 2. The van der Waals surface area contributed by atoms with Crippen molar-refractivity contribution in [3.05, 3.63) is 28.5 Å². The van der Waals surface area contributed by atoms with Gasteiger partial charge in [0.1, 0.15) is 5.82 Å². The van der Waals surface area contributed by atoms with Crippen LogP contribution in [0.1, 0.15) is 20.3 Å². The molecule has 1 fully saturated rings. The van der Waals surface area contributed by atoms with Crippen LogP contribution >= 0.6 is 15.9 Å². The van der Waals surface area contributed by atoms with E-state index in [-0.39, 0.29) is 23.8 Å². The molecule has 3 nitrogen and oxygen atoms in total. The number of halogens is 2. The number of nitrogens with zero attached hydrogens (tertiary/aromatic N) is 1. The maximum Gasteiger partial charge on any atom is 0.244 e. The number of amides is 1. The summed E-state index contributed by atoms with van der Waals surface area (Å²) in [6.45, 7) is 4.53. The van der Waals surface area contributed by atoms with Crippen molar-refractivity contribution in [2.45, 2.75) is 32.4 Å². The van der Waals surface area contributed by atoms with Gasteiger partial charge in [0, 0.05) is 17.1 Å². The fourth-order valence-electron chi connectivity index (χ4n) is 2.21. The molecule has 1 heterocycles. The average Bonchev–Trinajstić information content (AvgIpc) is 2.61. The molecule has 0 bridgehead atoms. The van der Waals surface area contributed by atoms with Gasteiger partial charge in [0.05, 0.1) is 11.7 Å². The Hall–Kier alpha value is -0.940. The van der Waals surface area contributed by atoms with Crippen LogP contribution in [0.4, 0.5) is 10.1 Å². The highest BCUT2D eigenvalue weighted by Gasteiger charge is 2.34. The highest BCUT2D eigenvalue weighted by molar-refractivity contribution is 9.10. The highest BCUT2D eigenvalue weighted by Crippen LogP contribution is 2.32. The van der Waals surface area contributed by atoms with Crippen LogP contribution in [0.5, 0.6) is 0 Å². The minimum atomic E-state index is -0.372. The number of anilines is 1. The molecule has 2 rings (SSSR count). The molecule has 0 saturated carbocycles. The number of nitrogens with one attached hydrogen (secondary N) is 1. The Kier molecular flexibility index (Phi) is 4.02. The molecule has 1 aliphatic heterocycles. The summed E-state index contributed by atoms with van der Waals surface area (Å²) in [5.41, 5.74) is 0.343. The molecule has 1 unspecified atom stereocenters. The molecule has 1 aromatic carbocycles. The van der Waals surface area contributed by atoms with Crippen molar-refractivity contribution in [1.82, 2.24) is 5.32 Å². The van der Waals surface area contributed by atoms with Crippen LogP contribution in [-0.4, -0.2) is 24.5 Å². The molecular formula is C13H16BrFN2O. The van der Waals surface area contributed by atoms with Gasteiger partial charge in [-0.05, 0) is 34.5 Å². The van der Waals surface area contributed by atoms with E-state index in [2.05, 4.69) is 21.2 Å². The molecule has 0 aromatic heterocycles. The van der Waals surface area contributed by atoms with Crippen LogP contribution in [0.2, 0.25) is 0 Å². The van der Waals surface area contributed by atoms with Gasteiger partial charge < -0.3 is 10.2 Å². The largest absolute Gasteiger partial charge is 0.307 e. The minimum Gasteiger partial charge on any atom is -0.307 e. The molecule has 1 amide bonds. The van der Waals surface area contributed by atoms with Crippen molar-refractivity contribution in [2.24, 2.45) is 0 Å². The zero-order chi connectivity index (χ0) is 13.3. The summed E-state index contributed by atoms with van der Waals surface area (Å²) in [4.78, 5) is 13.7. The highest BCUT2D eigenvalue weighted by atomic mass is 79.9. The zero-order valence-electron chi connectivity index (χ0n) is 10.4. The third-order valence-corrected chi connectivity index (χ3v) is 3.59. The summed E-state index contributed by atoms with van der Waals surface area (Å²) in [5.74, 6) is -0.433. The molecule has 1 N–H and O–H groups in total. The van der Waals surface area contributed by atoms with Crippen LogP contribution in [0.15, 0.2) is 22.7 Å². The third kappa shape index (κ3) is 2.57. The Balaban J connectivity index is 2.23. The first-order chi connectivity index (χ1) is 8.50. The summed E-state index contributed by atoms with van der Waals surface area (Å²) in [5, 5.41) is 3.20. The summed E-state index contributed by atoms with van der Waals surface area (Å²) in [7, 11) is 0. The second-order valence-electron chi connectivity index (χ2n) is 4.72. The van der Waals surface area contributed by atoms with Crippen molar-refractivity contribution in [2.75, 3.05) is 11.4 Å². The maximum atomic E-state index is 13.8. The van der Waals surface area contributed by atoms with Crippen LogP contribution in [0, 0.1) is 5.82 Å². The standard InChI is InChI=1S/C13H16BrFN2O/c1-8(2)16-11-6-7-17(13(11)18)12-9(14)4-3-5-10(12)15/h3-5,8,11,16H,6-7H2,1-2H3. The lowest BCUT2D eigenvalue weighted by molar-refractivity contribution is -0.119. The normalized spacial score (nSPS) is 19.9. The Labute approximate surface area is 114 Å². The number of benzene rings is 1. The van der Waals surface area contributed by atoms with E-state index < -0.39 is 0 Å². The van der Waals surface area contributed by atoms with Gasteiger partial charge in [0.25, 0.3) is 0 Å². The van der Waals surface area contributed by atoms with Crippen LogP contribution < -0.4 is 10.2 Å². The summed E-state index contributed by atoms with van der Waals surface area (Å²) >= 11 is 3.30. The topological polar surface area (TPSA) is 32.3 Å². The van der Waals surface area contributed by atoms with Gasteiger partial charge in [-0.15, -0.1) is 0 Å². The Bertz CT molecular complexity index is 444. The minimum absolute atomic E-state index is 0.0606. The Morgan fingerprint density at radius 3 is 2.83 bits per heavy atom. The van der Waals surface area contributed by atoms with E-state index >= 15 is 0 Å². The Morgan fingerprint density at radius 1 is 1.50 bits per heavy atom. The second-order valence-corrected chi connectivity index (χ2v) is 5.58. The van der Waals surface area contributed by atoms with E-state index in [0.29, 0.717) is 23.1 Å². The quantitative estimate of drug-likeness (QED) is 0.930. The third-order valence-electron chi connectivity index (χ3n) is 2.95. The lowest BCUT2D eigenvalue weighted by Gasteiger charge is -2.20. The molecule has 0 aliphatic carbocycles. The fourth-order valence-corrected chi connectivity index (χ4v) is 2.76. The second kappa shape index (κ2) is 5.36. The number of carbonyl (C=O) groups excluding carboxylic acids is 1. The van der Waals surface area contributed by atoms with Gasteiger partial charge in [-0.1, -0.05) is 19.9 Å². The molecule has 0 spiro atoms. The first-order valence-corrected chi connectivity index (χ1v) is 6.81. The van der Waals surface area contributed by atoms with Crippen LogP contribution in [0.25, 0.3) is 0 Å². The molecule has 1 aromatic rings. The van der Waals surface area contributed by atoms with Crippen molar-refractivity contribution in [3.8, 4) is 0 Å². The zero-order valence-corrected chi connectivity index (χ0v) is 12.0. The smallest absolute Gasteiger partial charge is 0.244 e. The molecule has 1 atom stereocenters. The number of rotatable bonds is 3. The van der Waals surface area contributed by atoms with E-state index in [1.54, 1.807) is 12.1 Å². The Morgan fingerprint density at radius 2 is 2.22 bits per heavy atom. The van der Waals surface area contributed by atoms with Gasteiger partial charge in [-0.25, -0.2) is 4.39 Å². The van der Waals surface area contributed by atoms with Gasteiger partial charge in [0.15, 0.2) is 0 Å².